The fourth-order valence-electron chi connectivity index (χ4n) is 3.11. The van der Waals surface area contributed by atoms with Crippen molar-refractivity contribution in [2.75, 3.05) is 14.1 Å². The lowest BCUT2D eigenvalue weighted by molar-refractivity contribution is 0.267. The monoisotopic (exact) mass is 244 g/mol. The Kier molecular flexibility index (Phi) is 2.88. The lowest BCUT2D eigenvalue weighted by atomic mass is 9.90. The molecule has 2 N–H and O–H groups in total. The fourth-order valence-corrected chi connectivity index (χ4v) is 3.11. The number of H-pyrrole nitrogens is 1. The molecule has 3 nitrogen and oxygen atoms in total. The van der Waals surface area contributed by atoms with Crippen molar-refractivity contribution < 1.29 is 5.11 Å². The molecule has 96 valence electrons. The predicted molar refractivity (Wildman–Crippen MR) is 73.7 cm³/mol. The van der Waals surface area contributed by atoms with Crippen molar-refractivity contribution >= 4 is 10.9 Å². The minimum atomic E-state index is 0.119. The first kappa shape index (κ1) is 11.8. The lowest BCUT2D eigenvalue weighted by Gasteiger charge is -2.28. The molecule has 3 rings (SSSR count). The zero-order chi connectivity index (χ0) is 12.7. The first-order valence-corrected chi connectivity index (χ1v) is 6.59. The van der Waals surface area contributed by atoms with Crippen LogP contribution in [0.5, 0.6) is 0 Å². The molecule has 1 aliphatic carbocycles. The standard InChI is InChI=1S/C15H20N2O/c1-17(2)11-6-7-13-12(8-11)15-10(9-18)4-3-5-14(15)16-13/h3-5,11,16,18H,6-9H2,1-2H3. The van der Waals surface area contributed by atoms with Crippen LogP contribution in [0, 0.1) is 0 Å². The third-order valence-electron chi connectivity index (χ3n) is 4.17. The van der Waals surface area contributed by atoms with Gasteiger partial charge in [0.1, 0.15) is 0 Å². The Balaban J connectivity index is 2.14. The molecule has 1 atom stereocenters. The van der Waals surface area contributed by atoms with Crippen LogP contribution < -0.4 is 0 Å². The highest BCUT2D eigenvalue weighted by molar-refractivity contribution is 5.88. The van der Waals surface area contributed by atoms with Crippen LogP contribution in [-0.2, 0) is 19.4 Å². The zero-order valence-corrected chi connectivity index (χ0v) is 11.0. The molecule has 2 aromatic rings. The molecule has 1 aromatic carbocycles. The van der Waals surface area contributed by atoms with Gasteiger partial charge in [0.05, 0.1) is 6.61 Å². The number of likely N-dealkylation sites (N-methyl/N-ethyl adjacent to an activating group) is 1. The van der Waals surface area contributed by atoms with E-state index in [9.17, 15) is 5.11 Å². The molecular weight excluding hydrogens is 224 g/mol. The summed E-state index contributed by atoms with van der Waals surface area (Å²) in [5, 5.41) is 10.8. The van der Waals surface area contributed by atoms with Gasteiger partial charge in [0.15, 0.2) is 0 Å². The minimum Gasteiger partial charge on any atom is -0.392 e. The van der Waals surface area contributed by atoms with Crippen molar-refractivity contribution in [3.63, 3.8) is 0 Å². The largest absolute Gasteiger partial charge is 0.392 e. The van der Waals surface area contributed by atoms with Crippen molar-refractivity contribution in [2.45, 2.75) is 31.9 Å². The summed E-state index contributed by atoms with van der Waals surface area (Å²) < 4.78 is 0. The molecule has 0 aliphatic heterocycles. The average molecular weight is 244 g/mol. The quantitative estimate of drug-likeness (QED) is 0.849. The van der Waals surface area contributed by atoms with E-state index in [2.05, 4.69) is 30.0 Å². The Morgan fingerprint density at radius 1 is 1.39 bits per heavy atom. The summed E-state index contributed by atoms with van der Waals surface area (Å²) in [6.07, 6.45) is 3.40. The average Bonchev–Trinajstić information content (AvgIpc) is 2.75. The molecule has 0 fully saturated rings. The van der Waals surface area contributed by atoms with E-state index < -0.39 is 0 Å². The van der Waals surface area contributed by atoms with Crippen molar-refractivity contribution in [3.8, 4) is 0 Å². The number of rotatable bonds is 2. The van der Waals surface area contributed by atoms with Crippen LogP contribution >= 0.6 is 0 Å². The van der Waals surface area contributed by atoms with Gasteiger partial charge >= 0.3 is 0 Å². The highest BCUT2D eigenvalue weighted by Gasteiger charge is 2.24. The van der Waals surface area contributed by atoms with Gasteiger partial charge in [0.2, 0.25) is 0 Å². The molecule has 0 saturated carbocycles. The second-order valence-corrected chi connectivity index (χ2v) is 5.44. The van der Waals surface area contributed by atoms with Gasteiger partial charge in [-0.15, -0.1) is 0 Å². The van der Waals surface area contributed by atoms with E-state index in [1.807, 2.05) is 12.1 Å². The van der Waals surface area contributed by atoms with Crippen molar-refractivity contribution in [3.05, 3.63) is 35.0 Å². The summed E-state index contributed by atoms with van der Waals surface area (Å²) in [4.78, 5) is 5.83. The van der Waals surface area contributed by atoms with Crippen LogP contribution in [0.25, 0.3) is 10.9 Å². The van der Waals surface area contributed by atoms with Gasteiger partial charge in [-0.25, -0.2) is 0 Å². The molecular formula is C15H20N2O. The Morgan fingerprint density at radius 3 is 2.94 bits per heavy atom. The van der Waals surface area contributed by atoms with E-state index in [1.165, 1.54) is 28.6 Å². The maximum atomic E-state index is 9.51. The topological polar surface area (TPSA) is 39.3 Å². The van der Waals surface area contributed by atoms with Crippen LogP contribution in [0.2, 0.25) is 0 Å². The van der Waals surface area contributed by atoms with E-state index in [4.69, 9.17) is 0 Å². The van der Waals surface area contributed by atoms with Crippen LogP contribution in [0.1, 0.15) is 23.2 Å². The van der Waals surface area contributed by atoms with E-state index in [-0.39, 0.29) is 6.61 Å². The number of nitrogens with one attached hydrogen (secondary N) is 1. The third kappa shape index (κ3) is 1.74. The first-order valence-electron chi connectivity index (χ1n) is 6.59. The molecule has 1 aromatic heterocycles. The SMILES string of the molecule is CN(C)C1CCc2[nH]c3cccc(CO)c3c2C1. The smallest absolute Gasteiger partial charge is 0.0688 e. The molecule has 18 heavy (non-hydrogen) atoms. The number of aromatic nitrogens is 1. The van der Waals surface area contributed by atoms with Gasteiger partial charge in [-0.3, -0.25) is 0 Å². The maximum absolute atomic E-state index is 9.51. The second kappa shape index (κ2) is 4.41. The summed E-state index contributed by atoms with van der Waals surface area (Å²) in [6, 6.07) is 6.76. The van der Waals surface area contributed by atoms with Gasteiger partial charge in [-0.1, -0.05) is 12.1 Å². The number of aryl methyl sites for hydroxylation is 1. The van der Waals surface area contributed by atoms with Gasteiger partial charge in [-0.05, 0) is 50.6 Å². The lowest BCUT2D eigenvalue weighted by Crippen LogP contribution is -2.33. The molecule has 0 saturated heterocycles. The maximum Gasteiger partial charge on any atom is 0.0688 e. The van der Waals surface area contributed by atoms with E-state index in [0.29, 0.717) is 6.04 Å². The summed E-state index contributed by atoms with van der Waals surface area (Å²) in [7, 11) is 4.30. The third-order valence-corrected chi connectivity index (χ3v) is 4.17. The summed E-state index contributed by atoms with van der Waals surface area (Å²) in [5.74, 6) is 0. The van der Waals surface area contributed by atoms with Gasteiger partial charge in [0, 0.05) is 22.6 Å². The zero-order valence-electron chi connectivity index (χ0n) is 11.0. The van der Waals surface area contributed by atoms with Crippen molar-refractivity contribution in [2.24, 2.45) is 0 Å². The minimum absolute atomic E-state index is 0.119. The Morgan fingerprint density at radius 2 is 2.22 bits per heavy atom. The van der Waals surface area contributed by atoms with Gasteiger partial charge < -0.3 is 15.0 Å². The van der Waals surface area contributed by atoms with E-state index in [0.717, 1.165) is 18.4 Å². The number of aliphatic hydroxyl groups excluding tert-OH is 1. The van der Waals surface area contributed by atoms with Crippen molar-refractivity contribution in [1.29, 1.82) is 0 Å². The number of aliphatic hydroxyl groups is 1. The predicted octanol–water partition coefficient (Wildman–Crippen LogP) is 2.08. The Labute approximate surface area is 107 Å². The molecule has 1 heterocycles. The summed E-state index contributed by atoms with van der Waals surface area (Å²) >= 11 is 0. The summed E-state index contributed by atoms with van der Waals surface area (Å²) in [6.45, 7) is 0.119. The fraction of sp³-hybridized carbons (Fsp3) is 0.467. The van der Waals surface area contributed by atoms with E-state index in [1.54, 1.807) is 0 Å². The first-order chi connectivity index (χ1) is 8.70. The molecule has 0 radical (unpaired) electrons. The van der Waals surface area contributed by atoms with Crippen molar-refractivity contribution in [1.82, 2.24) is 9.88 Å². The molecule has 0 spiro atoms. The van der Waals surface area contributed by atoms with Gasteiger partial charge in [0.25, 0.3) is 0 Å². The number of hydrogen-bond acceptors (Lipinski definition) is 2. The highest BCUT2D eigenvalue weighted by atomic mass is 16.3. The molecule has 0 bridgehead atoms. The molecule has 3 heteroatoms. The van der Waals surface area contributed by atoms with Crippen LogP contribution in [0.4, 0.5) is 0 Å². The number of aromatic amines is 1. The number of hydrogen-bond donors (Lipinski definition) is 2. The van der Waals surface area contributed by atoms with Crippen LogP contribution in [0.3, 0.4) is 0 Å². The molecule has 1 unspecified atom stereocenters. The number of fused-ring (bicyclic) bond motifs is 3. The molecule has 1 aliphatic rings. The molecule has 0 amide bonds. The number of nitrogens with zero attached hydrogens (tertiary/aromatic N) is 1. The second-order valence-electron chi connectivity index (χ2n) is 5.44. The van der Waals surface area contributed by atoms with E-state index >= 15 is 0 Å². The normalized spacial score (nSPS) is 19.4. The summed E-state index contributed by atoms with van der Waals surface area (Å²) in [5.41, 5.74) is 5.00. The number of benzene rings is 1. The van der Waals surface area contributed by atoms with Gasteiger partial charge in [-0.2, -0.15) is 0 Å². The Bertz CT molecular complexity index is 571. The Hall–Kier alpha value is -1.32. The van der Waals surface area contributed by atoms with Crippen LogP contribution in [-0.4, -0.2) is 35.1 Å². The highest BCUT2D eigenvalue weighted by Crippen LogP contribution is 2.32. The van der Waals surface area contributed by atoms with Crippen LogP contribution in [0.15, 0.2) is 18.2 Å².